The van der Waals surface area contributed by atoms with Crippen LogP contribution >= 0.6 is 12.6 Å². The van der Waals surface area contributed by atoms with Crippen molar-refractivity contribution in [2.24, 2.45) is 11.7 Å². The van der Waals surface area contributed by atoms with E-state index in [1.54, 1.807) is 0 Å². The number of nitrogens with one attached hydrogen (secondary N) is 2. The first-order valence-electron chi connectivity index (χ1n) is 6.44. The average Bonchev–Trinajstić information content (AvgIpc) is 2.38. The number of hydrogen-bond acceptors (Lipinski definition) is 5. The fraction of sp³-hybridized carbons (Fsp3) is 0.750. The van der Waals surface area contributed by atoms with E-state index in [9.17, 15) is 14.4 Å². The molecule has 116 valence electrons. The Labute approximate surface area is 124 Å². The Hall–Kier alpha value is -1.28. The zero-order valence-corrected chi connectivity index (χ0v) is 12.7. The summed E-state index contributed by atoms with van der Waals surface area (Å²) in [6.45, 7) is 4.44. The summed E-state index contributed by atoms with van der Waals surface area (Å²) in [4.78, 5) is 33.9. The number of thiol groups is 1. The van der Waals surface area contributed by atoms with Crippen LogP contribution in [0.4, 0.5) is 0 Å². The highest BCUT2D eigenvalue weighted by Crippen LogP contribution is 1.98. The monoisotopic (exact) mass is 305 g/mol. The molecule has 2 atom stereocenters. The fourth-order valence-corrected chi connectivity index (χ4v) is 1.56. The second-order valence-corrected chi connectivity index (χ2v) is 5.29. The molecule has 0 aliphatic heterocycles. The molecule has 0 unspecified atom stereocenters. The minimum absolute atomic E-state index is 0.0219. The number of amides is 2. The minimum atomic E-state index is -1.15. The third kappa shape index (κ3) is 8.00. The lowest BCUT2D eigenvalue weighted by Gasteiger charge is -2.17. The topological polar surface area (TPSA) is 122 Å². The van der Waals surface area contributed by atoms with Gasteiger partial charge >= 0.3 is 5.97 Å². The molecule has 0 saturated carbocycles. The summed E-state index contributed by atoms with van der Waals surface area (Å²) in [5.41, 5.74) is 5.29. The average molecular weight is 305 g/mol. The standard InChI is InChI=1S/C12H23N3O4S/c1-7(2)5-14-11(17)9(6-20)15-10(16)4-3-8(13)12(18)19/h7-9,20H,3-6,13H2,1-2H3,(H,14,17)(H,15,16)(H,18,19)/t8-,9-/m0/s1. The van der Waals surface area contributed by atoms with E-state index >= 15 is 0 Å². The van der Waals surface area contributed by atoms with Gasteiger partial charge in [0, 0.05) is 18.7 Å². The van der Waals surface area contributed by atoms with Gasteiger partial charge in [0.15, 0.2) is 0 Å². The number of carboxylic acid groups (broad SMARTS) is 1. The second kappa shape index (κ2) is 9.60. The van der Waals surface area contributed by atoms with Crippen molar-refractivity contribution in [2.75, 3.05) is 12.3 Å². The molecule has 0 radical (unpaired) electrons. The molecule has 0 aliphatic rings. The molecule has 0 aliphatic carbocycles. The number of carbonyl (C=O) groups excluding carboxylic acids is 2. The van der Waals surface area contributed by atoms with Crippen LogP contribution in [0.2, 0.25) is 0 Å². The van der Waals surface area contributed by atoms with Crippen LogP contribution in [0.15, 0.2) is 0 Å². The molecule has 20 heavy (non-hydrogen) atoms. The van der Waals surface area contributed by atoms with E-state index in [2.05, 4.69) is 23.3 Å². The number of hydrogen-bond donors (Lipinski definition) is 5. The molecule has 0 aromatic carbocycles. The van der Waals surface area contributed by atoms with Crippen molar-refractivity contribution in [3.05, 3.63) is 0 Å². The third-order valence-corrected chi connectivity index (χ3v) is 2.88. The van der Waals surface area contributed by atoms with Crippen LogP contribution in [0.25, 0.3) is 0 Å². The first kappa shape index (κ1) is 18.7. The molecular weight excluding hydrogens is 282 g/mol. The maximum absolute atomic E-state index is 11.8. The number of aliphatic carboxylic acids is 1. The Morgan fingerprint density at radius 3 is 2.35 bits per heavy atom. The van der Waals surface area contributed by atoms with Gasteiger partial charge in [-0.2, -0.15) is 12.6 Å². The second-order valence-electron chi connectivity index (χ2n) is 4.93. The molecule has 7 nitrogen and oxygen atoms in total. The van der Waals surface area contributed by atoms with Crippen LogP contribution in [0.5, 0.6) is 0 Å². The molecule has 0 saturated heterocycles. The normalized spacial score (nSPS) is 13.7. The zero-order valence-electron chi connectivity index (χ0n) is 11.8. The number of nitrogens with two attached hydrogens (primary N) is 1. The van der Waals surface area contributed by atoms with Gasteiger partial charge in [0.1, 0.15) is 12.1 Å². The third-order valence-electron chi connectivity index (χ3n) is 2.52. The lowest BCUT2D eigenvalue weighted by molar-refractivity contribution is -0.138. The van der Waals surface area contributed by atoms with E-state index in [4.69, 9.17) is 10.8 Å². The zero-order chi connectivity index (χ0) is 15.7. The molecule has 0 rings (SSSR count). The Balaban J connectivity index is 4.18. The Morgan fingerprint density at radius 2 is 1.90 bits per heavy atom. The summed E-state index contributed by atoms with van der Waals surface area (Å²) in [7, 11) is 0. The van der Waals surface area contributed by atoms with Gasteiger partial charge in [-0.3, -0.25) is 14.4 Å². The first-order valence-corrected chi connectivity index (χ1v) is 7.07. The smallest absolute Gasteiger partial charge is 0.320 e. The Kier molecular flexibility index (Phi) is 8.98. The van der Waals surface area contributed by atoms with Crippen LogP contribution in [-0.4, -0.2) is 47.3 Å². The molecule has 0 spiro atoms. The largest absolute Gasteiger partial charge is 0.480 e. The van der Waals surface area contributed by atoms with E-state index in [1.807, 2.05) is 13.8 Å². The molecule has 0 heterocycles. The van der Waals surface area contributed by atoms with Crippen LogP contribution in [-0.2, 0) is 14.4 Å². The first-order chi connectivity index (χ1) is 9.27. The highest BCUT2D eigenvalue weighted by molar-refractivity contribution is 7.80. The summed E-state index contributed by atoms with van der Waals surface area (Å²) in [6.07, 6.45) is -0.0245. The van der Waals surface area contributed by atoms with E-state index in [0.29, 0.717) is 12.5 Å². The molecular formula is C12H23N3O4S. The highest BCUT2D eigenvalue weighted by Gasteiger charge is 2.20. The lowest BCUT2D eigenvalue weighted by atomic mass is 10.1. The van der Waals surface area contributed by atoms with Gasteiger partial charge in [-0.1, -0.05) is 13.8 Å². The molecule has 0 aromatic heterocycles. The van der Waals surface area contributed by atoms with Crippen LogP contribution in [0.1, 0.15) is 26.7 Å². The van der Waals surface area contributed by atoms with Gasteiger partial charge in [-0.05, 0) is 12.3 Å². The van der Waals surface area contributed by atoms with Gasteiger partial charge in [0.25, 0.3) is 0 Å². The minimum Gasteiger partial charge on any atom is -0.480 e. The number of carbonyl (C=O) groups is 3. The summed E-state index contributed by atoms with van der Waals surface area (Å²) in [6, 6.07) is -1.81. The van der Waals surface area contributed by atoms with Crippen molar-refractivity contribution in [1.82, 2.24) is 10.6 Å². The maximum atomic E-state index is 11.8. The Bertz CT molecular complexity index is 350. The van der Waals surface area contributed by atoms with Gasteiger partial charge in [0.05, 0.1) is 0 Å². The SMILES string of the molecule is CC(C)CNC(=O)[C@H](CS)NC(=O)CC[C@H](N)C(=O)O. The molecule has 0 aromatic rings. The molecule has 0 bridgehead atoms. The fourth-order valence-electron chi connectivity index (χ4n) is 1.30. The van der Waals surface area contributed by atoms with Crippen molar-refractivity contribution >= 4 is 30.4 Å². The van der Waals surface area contributed by atoms with E-state index in [0.717, 1.165) is 0 Å². The highest BCUT2D eigenvalue weighted by atomic mass is 32.1. The number of carboxylic acids is 1. The van der Waals surface area contributed by atoms with E-state index in [-0.39, 0.29) is 24.5 Å². The summed E-state index contributed by atoms with van der Waals surface area (Å²) < 4.78 is 0. The van der Waals surface area contributed by atoms with Crippen LogP contribution in [0.3, 0.4) is 0 Å². The van der Waals surface area contributed by atoms with Crippen molar-refractivity contribution < 1.29 is 19.5 Å². The van der Waals surface area contributed by atoms with Crippen LogP contribution in [0, 0.1) is 5.92 Å². The van der Waals surface area contributed by atoms with Gasteiger partial charge in [0.2, 0.25) is 11.8 Å². The summed E-state index contributed by atoms with van der Waals surface area (Å²) in [5.74, 6) is -1.40. The van der Waals surface area contributed by atoms with Crippen molar-refractivity contribution in [3.63, 3.8) is 0 Å². The van der Waals surface area contributed by atoms with Crippen molar-refractivity contribution in [2.45, 2.75) is 38.8 Å². The van der Waals surface area contributed by atoms with Gasteiger partial charge in [-0.25, -0.2) is 0 Å². The number of rotatable bonds is 9. The predicted molar refractivity (Wildman–Crippen MR) is 78.5 cm³/mol. The van der Waals surface area contributed by atoms with Gasteiger partial charge in [-0.15, -0.1) is 0 Å². The molecule has 5 N–H and O–H groups in total. The van der Waals surface area contributed by atoms with Crippen molar-refractivity contribution in [3.8, 4) is 0 Å². The van der Waals surface area contributed by atoms with E-state index in [1.165, 1.54) is 0 Å². The van der Waals surface area contributed by atoms with Crippen LogP contribution < -0.4 is 16.4 Å². The maximum Gasteiger partial charge on any atom is 0.320 e. The van der Waals surface area contributed by atoms with Gasteiger partial charge < -0.3 is 21.5 Å². The lowest BCUT2D eigenvalue weighted by Crippen LogP contribution is -2.48. The summed E-state index contributed by atoms with van der Waals surface area (Å²) in [5, 5.41) is 13.8. The molecule has 0 fully saturated rings. The predicted octanol–water partition coefficient (Wildman–Crippen LogP) is -0.635. The molecule has 8 heteroatoms. The van der Waals surface area contributed by atoms with E-state index < -0.39 is 24.0 Å². The Morgan fingerprint density at radius 1 is 1.30 bits per heavy atom. The quantitative estimate of drug-likeness (QED) is 0.363. The molecule has 2 amide bonds. The summed E-state index contributed by atoms with van der Waals surface area (Å²) >= 11 is 4.02. The van der Waals surface area contributed by atoms with Crippen molar-refractivity contribution in [1.29, 1.82) is 0 Å².